The maximum Gasteiger partial charge on any atom is 0.141 e. The molecule has 0 saturated heterocycles. The van der Waals surface area contributed by atoms with Gasteiger partial charge < -0.3 is 10.3 Å². The first-order valence-corrected chi connectivity index (χ1v) is 2.60. The largest absolute Gasteiger partial charge is 0.382 e. The Hall–Kier alpha value is -0.990. The summed E-state index contributed by atoms with van der Waals surface area (Å²) in [5, 5.41) is 0. The molecule has 0 radical (unpaired) electrons. The normalized spacial score (nSPS) is 9.62. The molecule has 1 aromatic heterocycles. The molecular formula is C5H9N3. The van der Waals surface area contributed by atoms with Crippen LogP contribution in [0.25, 0.3) is 0 Å². The number of nitrogens with two attached hydrogens (primary N) is 1. The van der Waals surface area contributed by atoms with Gasteiger partial charge in [0, 0.05) is 12.7 Å². The van der Waals surface area contributed by atoms with Gasteiger partial charge in [0.1, 0.15) is 5.82 Å². The number of nitrogen functional groups attached to an aromatic ring is 1. The summed E-state index contributed by atoms with van der Waals surface area (Å²) in [5.41, 5.74) is 5.32. The van der Waals surface area contributed by atoms with Crippen molar-refractivity contribution in [2.75, 3.05) is 5.73 Å². The standard InChI is InChI=1S/C5H9N3/c1-2-8-3-5(6)7-4-8/h3-4H,2,6H2,1H3. The zero-order valence-corrected chi connectivity index (χ0v) is 4.83. The van der Waals surface area contributed by atoms with E-state index in [0.29, 0.717) is 5.82 Å². The molecule has 0 aromatic carbocycles. The fourth-order valence-corrected chi connectivity index (χ4v) is 0.550. The number of anilines is 1. The monoisotopic (exact) mass is 111 g/mol. The van der Waals surface area contributed by atoms with Gasteiger partial charge in [0.2, 0.25) is 0 Å². The highest BCUT2D eigenvalue weighted by atomic mass is 15.1. The van der Waals surface area contributed by atoms with Crippen molar-refractivity contribution in [2.24, 2.45) is 0 Å². The molecule has 3 heteroatoms. The zero-order chi connectivity index (χ0) is 5.98. The molecule has 0 spiro atoms. The van der Waals surface area contributed by atoms with E-state index in [-0.39, 0.29) is 0 Å². The Balaban J connectivity index is 2.84. The quantitative estimate of drug-likeness (QED) is 0.573. The average molecular weight is 111 g/mol. The molecule has 0 saturated carbocycles. The molecule has 1 aromatic rings. The summed E-state index contributed by atoms with van der Waals surface area (Å²) >= 11 is 0. The molecule has 0 unspecified atom stereocenters. The highest BCUT2D eigenvalue weighted by molar-refractivity contribution is 5.22. The zero-order valence-electron chi connectivity index (χ0n) is 4.83. The molecule has 0 amide bonds. The summed E-state index contributed by atoms with van der Waals surface area (Å²) in [5.74, 6) is 0.590. The average Bonchev–Trinajstić information content (AvgIpc) is 2.14. The third-order valence-corrected chi connectivity index (χ3v) is 1.02. The van der Waals surface area contributed by atoms with Crippen LogP contribution in [0.2, 0.25) is 0 Å². The molecule has 8 heavy (non-hydrogen) atoms. The molecule has 0 bridgehead atoms. The Labute approximate surface area is 48.1 Å². The van der Waals surface area contributed by atoms with Gasteiger partial charge in [-0.05, 0) is 6.92 Å². The van der Waals surface area contributed by atoms with Crippen LogP contribution < -0.4 is 5.73 Å². The minimum atomic E-state index is 0.590. The van der Waals surface area contributed by atoms with Crippen LogP contribution in [0.1, 0.15) is 6.92 Å². The van der Waals surface area contributed by atoms with Gasteiger partial charge in [-0.25, -0.2) is 4.98 Å². The molecule has 0 aliphatic heterocycles. The van der Waals surface area contributed by atoms with E-state index in [1.807, 2.05) is 11.5 Å². The number of nitrogens with zero attached hydrogens (tertiary/aromatic N) is 2. The fourth-order valence-electron chi connectivity index (χ4n) is 0.550. The molecule has 0 atom stereocenters. The summed E-state index contributed by atoms with van der Waals surface area (Å²) in [7, 11) is 0. The fraction of sp³-hybridized carbons (Fsp3) is 0.400. The van der Waals surface area contributed by atoms with Crippen LogP contribution in [-0.4, -0.2) is 9.55 Å². The van der Waals surface area contributed by atoms with E-state index in [1.165, 1.54) is 0 Å². The molecule has 1 rings (SSSR count). The van der Waals surface area contributed by atoms with Gasteiger partial charge in [-0.2, -0.15) is 0 Å². The van der Waals surface area contributed by atoms with Gasteiger partial charge in [0.25, 0.3) is 0 Å². The second-order valence-corrected chi connectivity index (χ2v) is 1.63. The van der Waals surface area contributed by atoms with Crippen molar-refractivity contribution in [1.82, 2.24) is 9.55 Å². The number of aromatic nitrogens is 2. The van der Waals surface area contributed by atoms with Crippen LogP contribution in [0.4, 0.5) is 5.82 Å². The van der Waals surface area contributed by atoms with E-state index in [0.717, 1.165) is 6.54 Å². The number of aryl methyl sites for hydroxylation is 1. The van der Waals surface area contributed by atoms with Crippen LogP contribution in [-0.2, 0) is 6.54 Å². The SMILES string of the molecule is CCn1cnc(N)c1. The van der Waals surface area contributed by atoms with E-state index < -0.39 is 0 Å². The first kappa shape index (κ1) is 5.15. The van der Waals surface area contributed by atoms with Crippen LogP contribution in [0.3, 0.4) is 0 Å². The van der Waals surface area contributed by atoms with Crippen LogP contribution >= 0.6 is 0 Å². The van der Waals surface area contributed by atoms with Gasteiger partial charge in [0.05, 0.1) is 6.33 Å². The third kappa shape index (κ3) is 0.804. The lowest BCUT2D eigenvalue weighted by Crippen LogP contribution is -1.87. The predicted molar refractivity (Wildman–Crippen MR) is 32.3 cm³/mol. The number of imidazole rings is 1. The van der Waals surface area contributed by atoms with Crippen LogP contribution in [0.15, 0.2) is 12.5 Å². The minimum Gasteiger partial charge on any atom is -0.382 e. The Morgan fingerprint density at radius 1 is 1.88 bits per heavy atom. The molecule has 2 N–H and O–H groups in total. The lowest BCUT2D eigenvalue weighted by molar-refractivity contribution is 0.762. The maximum atomic E-state index is 5.32. The summed E-state index contributed by atoms with van der Waals surface area (Å²) in [6, 6.07) is 0. The van der Waals surface area contributed by atoms with Crippen molar-refractivity contribution in [3.8, 4) is 0 Å². The van der Waals surface area contributed by atoms with Crippen molar-refractivity contribution < 1.29 is 0 Å². The smallest absolute Gasteiger partial charge is 0.141 e. The molecule has 44 valence electrons. The van der Waals surface area contributed by atoms with E-state index in [1.54, 1.807) is 12.5 Å². The van der Waals surface area contributed by atoms with Crippen molar-refractivity contribution in [3.63, 3.8) is 0 Å². The first-order valence-electron chi connectivity index (χ1n) is 2.60. The number of hydrogen-bond donors (Lipinski definition) is 1. The van der Waals surface area contributed by atoms with Gasteiger partial charge in [-0.1, -0.05) is 0 Å². The second kappa shape index (κ2) is 1.86. The van der Waals surface area contributed by atoms with Crippen molar-refractivity contribution in [2.45, 2.75) is 13.5 Å². The summed E-state index contributed by atoms with van der Waals surface area (Å²) in [4.78, 5) is 3.83. The molecule has 3 nitrogen and oxygen atoms in total. The summed E-state index contributed by atoms with van der Waals surface area (Å²) < 4.78 is 1.93. The van der Waals surface area contributed by atoms with Crippen LogP contribution in [0.5, 0.6) is 0 Å². The third-order valence-electron chi connectivity index (χ3n) is 1.02. The van der Waals surface area contributed by atoms with Gasteiger partial charge in [-0.3, -0.25) is 0 Å². The molecular weight excluding hydrogens is 102 g/mol. The number of hydrogen-bond acceptors (Lipinski definition) is 2. The predicted octanol–water partition coefficient (Wildman–Crippen LogP) is 0.485. The summed E-state index contributed by atoms with van der Waals surface area (Å²) in [6.07, 6.45) is 3.52. The van der Waals surface area contributed by atoms with E-state index in [4.69, 9.17) is 5.73 Å². The van der Waals surface area contributed by atoms with Gasteiger partial charge in [0.15, 0.2) is 0 Å². The minimum absolute atomic E-state index is 0.590. The Morgan fingerprint density at radius 2 is 2.62 bits per heavy atom. The lowest BCUT2D eigenvalue weighted by atomic mass is 10.7. The van der Waals surface area contributed by atoms with Crippen LogP contribution in [0, 0.1) is 0 Å². The van der Waals surface area contributed by atoms with Crippen molar-refractivity contribution >= 4 is 5.82 Å². The summed E-state index contributed by atoms with van der Waals surface area (Å²) in [6.45, 7) is 2.98. The Kier molecular flexibility index (Phi) is 1.20. The van der Waals surface area contributed by atoms with E-state index in [9.17, 15) is 0 Å². The molecule has 0 fully saturated rings. The molecule has 1 heterocycles. The molecule has 0 aliphatic carbocycles. The van der Waals surface area contributed by atoms with Crippen molar-refractivity contribution in [1.29, 1.82) is 0 Å². The Morgan fingerprint density at radius 3 is 2.88 bits per heavy atom. The number of rotatable bonds is 1. The lowest BCUT2D eigenvalue weighted by Gasteiger charge is -1.88. The second-order valence-electron chi connectivity index (χ2n) is 1.63. The molecule has 0 aliphatic rings. The first-order chi connectivity index (χ1) is 3.83. The van der Waals surface area contributed by atoms with Gasteiger partial charge in [-0.15, -0.1) is 0 Å². The van der Waals surface area contributed by atoms with E-state index >= 15 is 0 Å². The highest BCUT2D eigenvalue weighted by Gasteiger charge is 1.86. The topological polar surface area (TPSA) is 43.8 Å². The van der Waals surface area contributed by atoms with Crippen molar-refractivity contribution in [3.05, 3.63) is 12.5 Å². The Bertz CT molecular complexity index is 168. The van der Waals surface area contributed by atoms with E-state index in [2.05, 4.69) is 4.98 Å². The maximum absolute atomic E-state index is 5.32. The van der Waals surface area contributed by atoms with Gasteiger partial charge >= 0.3 is 0 Å². The highest BCUT2D eigenvalue weighted by Crippen LogP contribution is 1.94.